The first-order valence-electron chi connectivity index (χ1n) is 6.01. The van der Waals surface area contributed by atoms with Gasteiger partial charge in [0.05, 0.1) is 16.1 Å². The average Bonchev–Trinajstić information content (AvgIpc) is 2.78. The molecule has 1 amide bonds. The maximum Gasteiger partial charge on any atom is 0.417 e. The van der Waals surface area contributed by atoms with E-state index in [9.17, 15) is 22.8 Å². The molecule has 8 heteroatoms. The molecule has 1 aromatic carbocycles. The van der Waals surface area contributed by atoms with Gasteiger partial charge in [-0.2, -0.15) is 13.2 Å². The van der Waals surface area contributed by atoms with Gasteiger partial charge in [0.2, 0.25) is 0 Å². The van der Waals surface area contributed by atoms with Crippen LogP contribution >= 0.6 is 11.3 Å². The SMILES string of the molecule is Cc1cc(NC(=O)c2ccccc2C(F)(F)F)sc1C(=O)O. The molecule has 2 N–H and O–H groups in total. The van der Waals surface area contributed by atoms with E-state index in [4.69, 9.17) is 5.11 Å². The Morgan fingerprint density at radius 3 is 2.41 bits per heavy atom. The van der Waals surface area contributed by atoms with Crippen LogP contribution in [0.5, 0.6) is 0 Å². The predicted octanol–water partition coefficient (Wildman–Crippen LogP) is 4.03. The van der Waals surface area contributed by atoms with Gasteiger partial charge in [-0.15, -0.1) is 11.3 Å². The Morgan fingerprint density at radius 2 is 1.86 bits per heavy atom. The van der Waals surface area contributed by atoms with Crippen molar-refractivity contribution in [3.63, 3.8) is 0 Å². The van der Waals surface area contributed by atoms with Gasteiger partial charge in [0.25, 0.3) is 5.91 Å². The van der Waals surface area contributed by atoms with Crippen molar-refractivity contribution >= 4 is 28.2 Å². The number of halogens is 3. The van der Waals surface area contributed by atoms with Gasteiger partial charge in [-0.25, -0.2) is 4.79 Å². The monoisotopic (exact) mass is 329 g/mol. The normalized spacial score (nSPS) is 11.3. The number of nitrogens with one attached hydrogen (secondary N) is 1. The van der Waals surface area contributed by atoms with Gasteiger partial charge in [-0.1, -0.05) is 12.1 Å². The molecule has 4 nitrogen and oxygen atoms in total. The Kier molecular flexibility index (Phi) is 4.23. The molecule has 0 saturated carbocycles. The van der Waals surface area contributed by atoms with Crippen molar-refractivity contribution in [3.05, 3.63) is 51.9 Å². The van der Waals surface area contributed by atoms with E-state index in [2.05, 4.69) is 5.32 Å². The fourth-order valence-electron chi connectivity index (χ4n) is 1.86. The first-order valence-corrected chi connectivity index (χ1v) is 6.83. The third-order valence-corrected chi connectivity index (χ3v) is 3.97. The van der Waals surface area contributed by atoms with Gasteiger partial charge < -0.3 is 10.4 Å². The summed E-state index contributed by atoms with van der Waals surface area (Å²) in [6.45, 7) is 1.54. The van der Waals surface area contributed by atoms with Crippen molar-refractivity contribution in [3.8, 4) is 0 Å². The molecule has 116 valence electrons. The fourth-order valence-corrected chi connectivity index (χ4v) is 2.77. The fraction of sp³-hybridized carbons (Fsp3) is 0.143. The number of anilines is 1. The van der Waals surface area contributed by atoms with Crippen LogP contribution in [0.3, 0.4) is 0 Å². The molecule has 0 aliphatic rings. The van der Waals surface area contributed by atoms with Crippen LogP contribution in [0.2, 0.25) is 0 Å². The Balaban J connectivity index is 2.31. The van der Waals surface area contributed by atoms with Gasteiger partial charge >= 0.3 is 12.1 Å². The molecule has 0 bridgehead atoms. The van der Waals surface area contributed by atoms with Crippen LogP contribution in [0, 0.1) is 6.92 Å². The zero-order valence-electron chi connectivity index (χ0n) is 11.2. The summed E-state index contributed by atoms with van der Waals surface area (Å²) in [6.07, 6.45) is -4.65. The highest BCUT2D eigenvalue weighted by molar-refractivity contribution is 7.18. The smallest absolute Gasteiger partial charge is 0.417 e. The second kappa shape index (κ2) is 5.80. The number of benzene rings is 1. The summed E-state index contributed by atoms with van der Waals surface area (Å²) in [6, 6.07) is 5.81. The minimum atomic E-state index is -4.65. The molecule has 0 radical (unpaired) electrons. The second-order valence-electron chi connectivity index (χ2n) is 4.43. The first-order chi connectivity index (χ1) is 10.2. The van der Waals surface area contributed by atoms with Crippen LogP contribution in [0.25, 0.3) is 0 Å². The van der Waals surface area contributed by atoms with E-state index < -0.39 is 29.2 Å². The van der Waals surface area contributed by atoms with Gasteiger partial charge in [-0.3, -0.25) is 4.79 Å². The summed E-state index contributed by atoms with van der Waals surface area (Å²) in [7, 11) is 0. The third kappa shape index (κ3) is 3.28. The lowest BCUT2D eigenvalue weighted by Crippen LogP contribution is -2.18. The summed E-state index contributed by atoms with van der Waals surface area (Å²) in [5.74, 6) is -2.09. The van der Waals surface area contributed by atoms with E-state index in [0.29, 0.717) is 5.56 Å². The highest BCUT2D eigenvalue weighted by Gasteiger charge is 2.34. The Labute approximate surface area is 127 Å². The maximum absolute atomic E-state index is 12.9. The number of rotatable bonds is 3. The molecule has 0 unspecified atom stereocenters. The van der Waals surface area contributed by atoms with E-state index in [0.717, 1.165) is 23.5 Å². The summed E-state index contributed by atoms with van der Waals surface area (Å²) >= 11 is 0.791. The van der Waals surface area contributed by atoms with Gasteiger partial charge in [-0.05, 0) is 30.7 Å². The van der Waals surface area contributed by atoms with Crippen molar-refractivity contribution < 1.29 is 27.9 Å². The zero-order chi connectivity index (χ0) is 16.5. The molecule has 1 heterocycles. The van der Waals surface area contributed by atoms with E-state index in [1.54, 1.807) is 6.92 Å². The quantitative estimate of drug-likeness (QED) is 0.893. The van der Waals surface area contributed by atoms with Crippen molar-refractivity contribution in [2.45, 2.75) is 13.1 Å². The summed E-state index contributed by atoms with van der Waals surface area (Å²) in [4.78, 5) is 23.0. The van der Waals surface area contributed by atoms with Gasteiger partial charge in [0.1, 0.15) is 4.88 Å². The second-order valence-corrected chi connectivity index (χ2v) is 5.48. The number of carbonyl (C=O) groups is 2. The Morgan fingerprint density at radius 1 is 1.23 bits per heavy atom. The van der Waals surface area contributed by atoms with Crippen LogP contribution in [0.4, 0.5) is 18.2 Å². The lowest BCUT2D eigenvalue weighted by atomic mass is 10.1. The number of carboxylic acids is 1. The number of alkyl halides is 3. The molecule has 0 aliphatic heterocycles. The molecule has 0 aliphatic carbocycles. The third-order valence-electron chi connectivity index (χ3n) is 2.83. The van der Waals surface area contributed by atoms with Crippen LogP contribution in [0.1, 0.15) is 31.2 Å². The molecule has 2 aromatic rings. The molecule has 0 spiro atoms. The van der Waals surface area contributed by atoms with Gasteiger partial charge in [0.15, 0.2) is 0 Å². The lowest BCUT2D eigenvalue weighted by Gasteiger charge is -2.11. The predicted molar refractivity (Wildman–Crippen MR) is 75.4 cm³/mol. The molecule has 1 aromatic heterocycles. The van der Waals surface area contributed by atoms with Crippen LogP contribution < -0.4 is 5.32 Å². The van der Waals surface area contributed by atoms with Crippen molar-refractivity contribution in [1.82, 2.24) is 0 Å². The summed E-state index contributed by atoms with van der Waals surface area (Å²) < 4.78 is 38.6. The maximum atomic E-state index is 12.9. The number of aryl methyl sites for hydroxylation is 1. The van der Waals surface area contributed by atoms with Crippen molar-refractivity contribution in [2.75, 3.05) is 5.32 Å². The van der Waals surface area contributed by atoms with Gasteiger partial charge in [0, 0.05) is 0 Å². The molecule has 2 rings (SSSR count). The molecule has 0 fully saturated rings. The number of carbonyl (C=O) groups excluding carboxylic acids is 1. The highest BCUT2D eigenvalue weighted by Crippen LogP contribution is 2.33. The van der Waals surface area contributed by atoms with E-state index in [1.165, 1.54) is 18.2 Å². The Bertz CT molecular complexity index is 737. The highest BCUT2D eigenvalue weighted by atomic mass is 32.1. The first kappa shape index (κ1) is 16.0. The molecule has 22 heavy (non-hydrogen) atoms. The summed E-state index contributed by atoms with van der Waals surface area (Å²) in [5.41, 5.74) is -1.13. The zero-order valence-corrected chi connectivity index (χ0v) is 12.0. The van der Waals surface area contributed by atoms with Crippen molar-refractivity contribution in [2.24, 2.45) is 0 Å². The standard InChI is InChI=1S/C14H10F3NO3S/c1-7-6-10(22-11(7)13(20)21)18-12(19)8-4-2-3-5-9(8)14(15,16)17/h2-6H,1H3,(H,18,19)(H,20,21). The van der Waals surface area contributed by atoms with Crippen LogP contribution in [-0.2, 0) is 6.18 Å². The Hall–Kier alpha value is -2.35. The van der Waals surface area contributed by atoms with Crippen LogP contribution in [-0.4, -0.2) is 17.0 Å². The topological polar surface area (TPSA) is 66.4 Å². The number of hydrogen-bond donors (Lipinski definition) is 2. The minimum absolute atomic E-state index is 0.0272. The molecule has 0 saturated heterocycles. The van der Waals surface area contributed by atoms with E-state index >= 15 is 0 Å². The molecular weight excluding hydrogens is 319 g/mol. The number of carboxylic acid groups (broad SMARTS) is 1. The van der Waals surface area contributed by atoms with Crippen molar-refractivity contribution in [1.29, 1.82) is 0 Å². The minimum Gasteiger partial charge on any atom is -0.477 e. The largest absolute Gasteiger partial charge is 0.477 e. The van der Waals surface area contributed by atoms with Crippen LogP contribution in [0.15, 0.2) is 30.3 Å². The van der Waals surface area contributed by atoms with E-state index in [-0.39, 0.29) is 9.88 Å². The summed E-state index contributed by atoms with van der Waals surface area (Å²) in [5, 5.41) is 11.4. The number of hydrogen-bond acceptors (Lipinski definition) is 3. The molecule has 0 atom stereocenters. The lowest BCUT2D eigenvalue weighted by molar-refractivity contribution is -0.137. The molecular formula is C14H10F3NO3S. The number of amides is 1. The number of thiophene rings is 1. The van der Waals surface area contributed by atoms with E-state index in [1.807, 2.05) is 0 Å². The average molecular weight is 329 g/mol. The number of aromatic carboxylic acids is 1.